The van der Waals surface area contributed by atoms with Crippen LogP contribution in [0.25, 0.3) is 5.76 Å². The van der Waals surface area contributed by atoms with Crippen molar-refractivity contribution in [2.45, 2.75) is 128 Å². The summed E-state index contributed by atoms with van der Waals surface area (Å²) in [7, 11) is 0.587. The molecule has 0 spiro atoms. The van der Waals surface area contributed by atoms with Gasteiger partial charge in [0, 0.05) is 10.1 Å². The molecule has 0 saturated carbocycles. The molecule has 0 amide bonds. The summed E-state index contributed by atoms with van der Waals surface area (Å²) in [6.45, 7) is 27.2. The zero-order valence-electron chi connectivity index (χ0n) is 30.5. The molecule has 0 unspecified atom stereocenters. The van der Waals surface area contributed by atoms with Gasteiger partial charge in [0.05, 0.1) is 52.3 Å². The van der Waals surface area contributed by atoms with Gasteiger partial charge in [-0.25, -0.2) is 4.79 Å². The molecule has 0 aliphatic carbocycles. The van der Waals surface area contributed by atoms with E-state index in [9.17, 15) is 4.79 Å². The highest BCUT2D eigenvalue weighted by Crippen LogP contribution is 2.56. The highest BCUT2D eigenvalue weighted by atomic mass is 28.4. The van der Waals surface area contributed by atoms with Gasteiger partial charge in [0.1, 0.15) is 18.0 Å². The first kappa shape index (κ1) is 37.4. The largest absolute Gasteiger partial charge is 0.493 e. The standard InChI is InChI=1S/C34H58O9Si2/c1-20(2)44(21(3)4,22(5)6)42-26-18-24(28-23(32(35)39-16)17-25(36-13)30(37-14)31(28)38-15)41-27-19-40-45(33(7,8)9,34(10,11)12)43-29(26)27/h17-18,20-22,26-27,29H,19H2,1-16H3/t26-,27-,29+/m1/s1. The van der Waals surface area contributed by atoms with Gasteiger partial charge in [-0.15, -0.1) is 0 Å². The molecule has 45 heavy (non-hydrogen) atoms. The van der Waals surface area contributed by atoms with Gasteiger partial charge < -0.3 is 37.0 Å². The van der Waals surface area contributed by atoms with Crippen molar-refractivity contribution >= 4 is 28.6 Å². The third kappa shape index (κ3) is 6.44. The Balaban J connectivity index is 2.38. The molecular formula is C34H58O9Si2. The summed E-state index contributed by atoms with van der Waals surface area (Å²) in [5, 5.41) is -0.448. The monoisotopic (exact) mass is 666 g/mol. The number of ether oxygens (including phenoxy) is 5. The number of fused-ring (bicyclic) bond motifs is 1. The molecule has 1 fully saturated rings. The van der Waals surface area contributed by atoms with E-state index in [0.29, 0.717) is 51.8 Å². The summed E-state index contributed by atoms with van der Waals surface area (Å²) >= 11 is 0. The van der Waals surface area contributed by atoms with E-state index in [-0.39, 0.29) is 15.6 Å². The Morgan fingerprint density at radius 2 is 1.40 bits per heavy atom. The van der Waals surface area contributed by atoms with Crippen LogP contribution in [0, 0.1) is 0 Å². The average molecular weight is 667 g/mol. The summed E-state index contributed by atoms with van der Waals surface area (Å²) in [4.78, 5) is 13.3. The van der Waals surface area contributed by atoms with Crippen molar-refractivity contribution in [3.63, 3.8) is 0 Å². The maximum absolute atomic E-state index is 13.3. The lowest BCUT2D eigenvalue weighted by atomic mass is 9.97. The fourth-order valence-corrected chi connectivity index (χ4v) is 18.3. The Morgan fingerprint density at radius 3 is 1.82 bits per heavy atom. The Kier molecular flexibility index (Phi) is 11.3. The van der Waals surface area contributed by atoms with Crippen molar-refractivity contribution in [3.8, 4) is 17.2 Å². The molecule has 2 aliphatic heterocycles. The van der Waals surface area contributed by atoms with Crippen LogP contribution < -0.4 is 14.2 Å². The number of carbonyl (C=O) groups is 1. The average Bonchev–Trinajstić information content (AvgIpc) is 2.95. The first-order chi connectivity index (χ1) is 20.8. The second-order valence-corrected chi connectivity index (χ2v) is 25.3. The van der Waals surface area contributed by atoms with E-state index in [2.05, 4.69) is 83.1 Å². The van der Waals surface area contributed by atoms with Gasteiger partial charge in [-0.2, -0.15) is 0 Å². The van der Waals surface area contributed by atoms with Crippen molar-refractivity contribution in [2.75, 3.05) is 35.0 Å². The van der Waals surface area contributed by atoms with Crippen LogP contribution in [-0.4, -0.2) is 76.2 Å². The van der Waals surface area contributed by atoms with Crippen LogP contribution in [0.1, 0.15) is 99.0 Å². The molecule has 1 aromatic carbocycles. The number of esters is 1. The fraction of sp³-hybridized carbons (Fsp3) is 0.735. The molecule has 2 heterocycles. The highest BCUT2D eigenvalue weighted by molar-refractivity contribution is 6.77. The molecule has 9 nitrogen and oxygen atoms in total. The maximum Gasteiger partial charge on any atom is 0.349 e. The molecule has 256 valence electrons. The Bertz CT molecular complexity index is 1210. The summed E-state index contributed by atoms with van der Waals surface area (Å²) in [5.74, 6) is 0.830. The summed E-state index contributed by atoms with van der Waals surface area (Å²) in [5.41, 5.74) is 1.64. The van der Waals surface area contributed by atoms with Crippen molar-refractivity contribution in [3.05, 3.63) is 23.3 Å². The summed E-state index contributed by atoms with van der Waals surface area (Å²) in [6, 6.07) is 1.59. The number of rotatable bonds is 10. The van der Waals surface area contributed by atoms with E-state index in [0.717, 1.165) is 0 Å². The quantitative estimate of drug-likeness (QED) is 0.181. The number of carbonyl (C=O) groups excluding carboxylic acids is 1. The predicted octanol–water partition coefficient (Wildman–Crippen LogP) is 8.26. The molecule has 11 heteroatoms. The second-order valence-electron chi connectivity index (χ2n) is 15.2. The Labute approximate surface area is 273 Å². The third-order valence-electron chi connectivity index (χ3n) is 9.54. The van der Waals surface area contributed by atoms with Crippen LogP contribution in [0.2, 0.25) is 26.7 Å². The SMILES string of the molecule is COC(=O)c1cc(OC)c(OC)c(OC)c1C1=C[C@@H](O[Si](C(C)C)(C(C)C)C(C)C)[C@@H]2O[Si](C(C)(C)C)(C(C)(C)C)OC[C@H]2O1. The van der Waals surface area contributed by atoms with E-state index in [1.54, 1.807) is 6.07 Å². The van der Waals surface area contributed by atoms with Gasteiger partial charge in [-0.3, -0.25) is 0 Å². The van der Waals surface area contributed by atoms with Crippen LogP contribution in [0.3, 0.4) is 0 Å². The number of methoxy groups -OCH3 is 4. The molecule has 0 N–H and O–H groups in total. The normalized spacial score (nSPS) is 22.1. The molecular weight excluding hydrogens is 609 g/mol. The minimum Gasteiger partial charge on any atom is -0.493 e. The molecule has 3 atom stereocenters. The van der Waals surface area contributed by atoms with E-state index in [4.69, 9.17) is 37.0 Å². The van der Waals surface area contributed by atoms with E-state index in [1.807, 2.05) is 6.08 Å². The van der Waals surface area contributed by atoms with Gasteiger partial charge in [-0.1, -0.05) is 83.1 Å². The number of benzene rings is 1. The first-order valence-corrected chi connectivity index (χ1v) is 20.0. The first-order valence-electron chi connectivity index (χ1n) is 16.1. The van der Waals surface area contributed by atoms with E-state index in [1.165, 1.54) is 28.4 Å². The molecule has 0 bridgehead atoms. The fourth-order valence-electron chi connectivity index (χ4n) is 7.89. The molecule has 0 aromatic heterocycles. The lowest BCUT2D eigenvalue weighted by Gasteiger charge is -2.57. The van der Waals surface area contributed by atoms with Gasteiger partial charge >= 0.3 is 14.5 Å². The van der Waals surface area contributed by atoms with Crippen molar-refractivity contribution in [1.29, 1.82) is 0 Å². The lowest BCUT2D eigenvalue weighted by molar-refractivity contribution is -0.113. The van der Waals surface area contributed by atoms with Gasteiger partial charge in [0.2, 0.25) is 14.1 Å². The van der Waals surface area contributed by atoms with Crippen LogP contribution in [0.5, 0.6) is 17.2 Å². The Hall–Kier alpha value is -2.06. The third-order valence-corrected chi connectivity index (χ3v) is 20.8. The van der Waals surface area contributed by atoms with Gasteiger partial charge in [-0.05, 0) is 28.8 Å². The minimum absolute atomic E-state index is 0.223. The number of hydrogen-bond acceptors (Lipinski definition) is 9. The van der Waals surface area contributed by atoms with Gasteiger partial charge in [0.15, 0.2) is 11.5 Å². The van der Waals surface area contributed by atoms with Crippen molar-refractivity contribution in [1.82, 2.24) is 0 Å². The van der Waals surface area contributed by atoms with Crippen LogP contribution in [-0.2, 0) is 22.8 Å². The van der Waals surface area contributed by atoms with Crippen LogP contribution in [0.4, 0.5) is 0 Å². The molecule has 1 aromatic rings. The van der Waals surface area contributed by atoms with Crippen molar-refractivity contribution < 1.29 is 41.8 Å². The zero-order chi connectivity index (χ0) is 34.3. The second kappa shape index (κ2) is 13.6. The van der Waals surface area contributed by atoms with Crippen LogP contribution in [0.15, 0.2) is 12.1 Å². The minimum atomic E-state index is -2.88. The molecule has 3 rings (SSSR count). The summed E-state index contributed by atoms with van der Waals surface area (Å²) in [6.07, 6.45) is 0.592. The molecule has 2 aliphatic rings. The Morgan fingerprint density at radius 1 is 0.867 bits per heavy atom. The predicted molar refractivity (Wildman–Crippen MR) is 182 cm³/mol. The zero-order valence-corrected chi connectivity index (χ0v) is 32.5. The van der Waals surface area contributed by atoms with E-state index >= 15 is 0 Å². The van der Waals surface area contributed by atoms with Crippen molar-refractivity contribution in [2.24, 2.45) is 0 Å². The summed E-state index contributed by atoms with van der Waals surface area (Å²) < 4.78 is 50.8. The van der Waals surface area contributed by atoms with Crippen LogP contribution >= 0.6 is 0 Å². The number of hydrogen-bond donors (Lipinski definition) is 0. The van der Waals surface area contributed by atoms with Gasteiger partial charge in [0.25, 0.3) is 0 Å². The highest BCUT2D eigenvalue weighted by Gasteiger charge is 2.64. The molecule has 0 radical (unpaired) electrons. The topological polar surface area (TPSA) is 90.9 Å². The smallest absolute Gasteiger partial charge is 0.349 e. The maximum atomic E-state index is 13.3. The van der Waals surface area contributed by atoms with E-state index < -0.39 is 41.2 Å². The molecule has 1 saturated heterocycles. The lowest BCUT2D eigenvalue weighted by Crippen LogP contribution is -2.68.